The minimum atomic E-state index is -3.51. The average molecular weight is 396 g/mol. The van der Waals surface area contributed by atoms with Crippen LogP contribution in [0.1, 0.15) is 12.8 Å². The number of rotatable bonds is 6. The number of sulfonamides is 1. The third kappa shape index (κ3) is 4.00. The van der Waals surface area contributed by atoms with Crippen LogP contribution in [0.3, 0.4) is 0 Å². The van der Waals surface area contributed by atoms with E-state index in [2.05, 4.69) is 15.5 Å². The summed E-state index contributed by atoms with van der Waals surface area (Å²) in [6, 6.07) is 6.30. The standard InChI is InChI=1S/C15H20N6O3S2/c1-20-14(16)18-19-15(20)25-10-13(22)17-11-5-4-6-12(9-11)26(23,24)21-7-2-3-8-21/h4-6,9H,2-3,7-8,10H2,1H3,(H2,16,18)(H,17,22). The van der Waals surface area contributed by atoms with Crippen molar-refractivity contribution < 1.29 is 13.2 Å². The quantitative estimate of drug-likeness (QED) is 0.696. The van der Waals surface area contributed by atoms with Gasteiger partial charge in [-0.05, 0) is 31.0 Å². The normalized spacial score (nSPS) is 15.3. The maximum atomic E-state index is 12.6. The van der Waals surface area contributed by atoms with Crippen LogP contribution in [0.15, 0.2) is 34.3 Å². The highest BCUT2D eigenvalue weighted by Gasteiger charge is 2.27. The number of nitrogens with one attached hydrogen (secondary N) is 1. The molecule has 3 rings (SSSR count). The maximum absolute atomic E-state index is 12.6. The maximum Gasteiger partial charge on any atom is 0.243 e. The molecule has 3 N–H and O–H groups in total. The van der Waals surface area contributed by atoms with Gasteiger partial charge in [0.25, 0.3) is 0 Å². The van der Waals surface area contributed by atoms with Gasteiger partial charge in [0.2, 0.25) is 21.9 Å². The van der Waals surface area contributed by atoms with Crippen molar-refractivity contribution in [2.45, 2.75) is 22.9 Å². The fourth-order valence-electron chi connectivity index (χ4n) is 2.59. The van der Waals surface area contributed by atoms with Crippen molar-refractivity contribution in [2.75, 3.05) is 29.9 Å². The first kappa shape index (κ1) is 18.7. The Balaban J connectivity index is 1.64. The van der Waals surface area contributed by atoms with Crippen LogP contribution in [-0.2, 0) is 21.9 Å². The number of nitrogen functional groups attached to an aromatic ring is 1. The Morgan fingerprint density at radius 2 is 2.04 bits per heavy atom. The minimum absolute atomic E-state index is 0.106. The highest BCUT2D eigenvalue weighted by Crippen LogP contribution is 2.23. The summed E-state index contributed by atoms with van der Waals surface area (Å²) in [4.78, 5) is 12.3. The van der Waals surface area contributed by atoms with Crippen LogP contribution in [0.2, 0.25) is 0 Å². The van der Waals surface area contributed by atoms with Crippen LogP contribution in [0, 0.1) is 0 Å². The summed E-state index contributed by atoms with van der Waals surface area (Å²) in [6.07, 6.45) is 1.75. The van der Waals surface area contributed by atoms with Gasteiger partial charge in [0.15, 0.2) is 5.16 Å². The van der Waals surface area contributed by atoms with Gasteiger partial charge in [0, 0.05) is 25.8 Å². The second-order valence-corrected chi connectivity index (χ2v) is 8.76. The predicted molar refractivity (Wildman–Crippen MR) is 99.2 cm³/mol. The topological polar surface area (TPSA) is 123 Å². The molecule has 0 aliphatic carbocycles. The van der Waals surface area contributed by atoms with Crippen molar-refractivity contribution in [3.8, 4) is 0 Å². The molecule has 2 heterocycles. The smallest absolute Gasteiger partial charge is 0.243 e. The van der Waals surface area contributed by atoms with Gasteiger partial charge in [-0.3, -0.25) is 9.36 Å². The number of amides is 1. The Labute approximate surface area is 156 Å². The number of aromatic nitrogens is 3. The molecule has 0 saturated carbocycles. The van der Waals surface area contributed by atoms with Crippen LogP contribution >= 0.6 is 11.8 Å². The lowest BCUT2D eigenvalue weighted by atomic mass is 10.3. The number of benzene rings is 1. The van der Waals surface area contributed by atoms with E-state index in [9.17, 15) is 13.2 Å². The van der Waals surface area contributed by atoms with Gasteiger partial charge in [-0.25, -0.2) is 8.42 Å². The molecule has 0 radical (unpaired) electrons. The van der Waals surface area contributed by atoms with E-state index in [0.717, 1.165) is 12.8 Å². The molecule has 11 heteroatoms. The number of hydrogen-bond donors (Lipinski definition) is 2. The molecule has 1 aliphatic rings. The second-order valence-electron chi connectivity index (χ2n) is 5.88. The Morgan fingerprint density at radius 3 is 2.69 bits per heavy atom. The van der Waals surface area contributed by atoms with E-state index in [4.69, 9.17) is 5.73 Å². The molecule has 1 aliphatic heterocycles. The van der Waals surface area contributed by atoms with Crippen molar-refractivity contribution >= 4 is 39.3 Å². The predicted octanol–water partition coefficient (Wildman–Crippen LogP) is 0.913. The van der Waals surface area contributed by atoms with E-state index in [1.54, 1.807) is 29.8 Å². The number of nitrogens with zero attached hydrogens (tertiary/aromatic N) is 4. The van der Waals surface area contributed by atoms with Gasteiger partial charge in [-0.15, -0.1) is 10.2 Å². The lowest BCUT2D eigenvalue weighted by Gasteiger charge is -2.16. The molecule has 1 amide bonds. The molecule has 0 bridgehead atoms. The largest absolute Gasteiger partial charge is 0.368 e. The van der Waals surface area contributed by atoms with Gasteiger partial charge >= 0.3 is 0 Å². The molecule has 0 spiro atoms. The van der Waals surface area contributed by atoms with E-state index in [-0.39, 0.29) is 22.5 Å². The third-order valence-electron chi connectivity index (χ3n) is 4.02. The molecule has 140 valence electrons. The molecule has 26 heavy (non-hydrogen) atoms. The fraction of sp³-hybridized carbons (Fsp3) is 0.400. The highest BCUT2D eigenvalue weighted by molar-refractivity contribution is 7.99. The van der Waals surface area contributed by atoms with Crippen molar-refractivity contribution in [2.24, 2.45) is 7.05 Å². The Bertz CT molecular complexity index is 906. The zero-order valence-corrected chi connectivity index (χ0v) is 15.9. The van der Waals surface area contributed by atoms with E-state index in [1.165, 1.54) is 22.1 Å². The lowest BCUT2D eigenvalue weighted by Crippen LogP contribution is -2.28. The number of anilines is 2. The summed E-state index contributed by atoms with van der Waals surface area (Å²) in [5.41, 5.74) is 6.03. The zero-order valence-electron chi connectivity index (χ0n) is 14.3. The van der Waals surface area contributed by atoms with Crippen LogP contribution in [0.4, 0.5) is 11.6 Å². The summed E-state index contributed by atoms with van der Waals surface area (Å²) >= 11 is 1.20. The van der Waals surface area contributed by atoms with Crippen molar-refractivity contribution in [3.63, 3.8) is 0 Å². The van der Waals surface area contributed by atoms with Gasteiger partial charge in [0.1, 0.15) is 0 Å². The third-order valence-corrected chi connectivity index (χ3v) is 6.94. The Morgan fingerprint density at radius 1 is 1.31 bits per heavy atom. The van der Waals surface area contributed by atoms with Crippen LogP contribution in [0.25, 0.3) is 0 Å². The number of carbonyl (C=O) groups excluding carboxylic acids is 1. The molecular formula is C15H20N6O3S2. The van der Waals surface area contributed by atoms with Crippen LogP contribution in [-0.4, -0.2) is 52.2 Å². The number of thioether (sulfide) groups is 1. The van der Waals surface area contributed by atoms with Crippen molar-refractivity contribution in [3.05, 3.63) is 24.3 Å². The lowest BCUT2D eigenvalue weighted by molar-refractivity contribution is -0.113. The second kappa shape index (κ2) is 7.64. The summed E-state index contributed by atoms with van der Waals surface area (Å²) in [5, 5.41) is 10.8. The summed E-state index contributed by atoms with van der Waals surface area (Å²) in [6.45, 7) is 1.08. The SMILES string of the molecule is Cn1c(N)nnc1SCC(=O)Nc1cccc(S(=O)(=O)N2CCCC2)c1. The fourth-order valence-corrected chi connectivity index (χ4v) is 4.87. The van der Waals surface area contributed by atoms with E-state index in [0.29, 0.717) is 23.9 Å². The van der Waals surface area contributed by atoms with E-state index in [1.807, 2.05) is 0 Å². The van der Waals surface area contributed by atoms with Gasteiger partial charge < -0.3 is 11.1 Å². The van der Waals surface area contributed by atoms with Gasteiger partial charge in [-0.1, -0.05) is 17.8 Å². The van der Waals surface area contributed by atoms with E-state index < -0.39 is 10.0 Å². The first-order valence-electron chi connectivity index (χ1n) is 8.05. The van der Waals surface area contributed by atoms with E-state index >= 15 is 0 Å². The Hall–Kier alpha value is -2.11. The highest BCUT2D eigenvalue weighted by atomic mass is 32.2. The van der Waals surface area contributed by atoms with Gasteiger partial charge in [0.05, 0.1) is 10.6 Å². The van der Waals surface area contributed by atoms with Gasteiger partial charge in [-0.2, -0.15) is 4.31 Å². The molecular weight excluding hydrogens is 376 g/mol. The van der Waals surface area contributed by atoms with Crippen LogP contribution < -0.4 is 11.1 Å². The molecule has 1 aromatic carbocycles. The summed E-state index contributed by atoms with van der Waals surface area (Å²) < 4.78 is 28.3. The molecule has 2 aromatic rings. The number of hydrogen-bond acceptors (Lipinski definition) is 7. The minimum Gasteiger partial charge on any atom is -0.368 e. The van der Waals surface area contributed by atoms with Crippen molar-refractivity contribution in [1.82, 2.24) is 19.1 Å². The van der Waals surface area contributed by atoms with Crippen LogP contribution in [0.5, 0.6) is 0 Å². The Kier molecular flexibility index (Phi) is 5.49. The number of carbonyl (C=O) groups is 1. The molecule has 9 nitrogen and oxygen atoms in total. The molecule has 1 saturated heterocycles. The first-order chi connectivity index (χ1) is 12.4. The van der Waals surface area contributed by atoms with Crippen molar-refractivity contribution in [1.29, 1.82) is 0 Å². The summed E-state index contributed by atoms with van der Waals surface area (Å²) in [5.74, 6) is 0.106. The molecule has 1 aromatic heterocycles. The molecule has 0 atom stereocenters. The monoisotopic (exact) mass is 396 g/mol. The zero-order chi connectivity index (χ0) is 18.7. The number of nitrogens with two attached hydrogens (primary N) is 1. The molecule has 0 unspecified atom stereocenters. The first-order valence-corrected chi connectivity index (χ1v) is 10.5. The average Bonchev–Trinajstić information content (AvgIpc) is 3.26. The molecule has 1 fully saturated rings. The summed E-state index contributed by atoms with van der Waals surface area (Å²) in [7, 11) is -1.80.